The van der Waals surface area contributed by atoms with E-state index >= 15 is 0 Å². The van der Waals surface area contributed by atoms with E-state index in [1.54, 1.807) is 18.2 Å². The molecular formula is C25H20ClNO2S. The lowest BCUT2D eigenvalue weighted by molar-refractivity contribution is -0.119. The molecule has 0 saturated heterocycles. The van der Waals surface area contributed by atoms with Crippen LogP contribution in [0.1, 0.15) is 22.3 Å². The number of halogens is 1. The number of benzene rings is 3. The highest BCUT2D eigenvalue weighted by molar-refractivity contribution is 8.04. The molecule has 1 aliphatic rings. The van der Waals surface area contributed by atoms with Crippen LogP contribution in [0.15, 0.2) is 76.5 Å². The highest BCUT2D eigenvalue weighted by atomic mass is 35.5. The molecule has 0 unspecified atom stereocenters. The molecule has 4 rings (SSSR count). The summed E-state index contributed by atoms with van der Waals surface area (Å²) in [6.45, 7) is 5.97. The summed E-state index contributed by atoms with van der Waals surface area (Å²) in [6, 6.07) is 20.6. The molecule has 0 bridgehead atoms. The monoisotopic (exact) mass is 433 g/mol. The van der Waals surface area contributed by atoms with Crippen molar-refractivity contribution in [2.24, 2.45) is 0 Å². The van der Waals surface area contributed by atoms with Crippen LogP contribution in [0.4, 0.5) is 5.69 Å². The van der Waals surface area contributed by atoms with Gasteiger partial charge in [0.25, 0.3) is 11.8 Å². The first-order valence-corrected chi connectivity index (χ1v) is 10.8. The molecule has 5 heteroatoms. The fourth-order valence-corrected chi connectivity index (χ4v) is 4.50. The number of rotatable bonds is 4. The van der Waals surface area contributed by atoms with Crippen molar-refractivity contribution < 1.29 is 9.59 Å². The fraction of sp³-hybridized carbons (Fsp3) is 0.120. The second-order valence-corrected chi connectivity index (χ2v) is 8.86. The maximum atomic E-state index is 13.5. The Hall–Kier alpha value is -2.82. The number of anilines is 1. The minimum Gasteiger partial charge on any atom is -0.268 e. The summed E-state index contributed by atoms with van der Waals surface area (Å²) in [5.74, 6) is -0.607. The maximum absolute atomic E-state index is 13.5. The fourth-order valence-electron chi connectivity index (χ4n) is 3.38. The van der Waals surface area contributed by atoms with E-state index in [0.717, 1.165) is 27.1 Å². The van der Waals surface area contributed by atoms with E-state index < -0.39 is 0 Å². The number of amides is 2. The van der Waals surface area contributed by atoms with E-state index in [-0.39, 0.29) is 11.8 Å². The van der Waals surface area contributed by atoms with E-state index in [4.69, 9.17) is 11.6 Å². The number of hydrogen-bond donors (Lipinski definition) is 0. The SMILES string of the molecule is Cc1cccc(N2C(=O)C(Sc3ccc(Cl)cc3)=C(c3ccc(C)c(C)c3)C2=O)c1. The first-order valence-electron chi connectivity index (χ1n) is 9.56. The molecule has 150 valence electrons. The summed E-state index contributed by atoms with van der Waals surface area (Å²) in [7, 11) is 0. The highest BCUT2D eigenvalue weighted by Gasteiger charge is 2.40. The molecule has 0 aliphatic carbocycles. The van der Waals surface area contributed by atoms with Crippen LogP contribution in [0.2, 0.25) is 5.02 Å². The van der Waals surface area contributed by atoms with Gasteiger partial charge in [-0.05, 0) is 79.4 Å². The average molecular weight is 434 g/mol. The van der Waals surface area contributed by atoms with Crippen molar-refractivity contribution in [1.82, 2.24) is 0 Å². The molecular weight excluding hydrogens is 414 g/mol. The molecule has 3 nitrogen and oxygen atoms in total. The van der Waals surface area contributed by atoms with E-state index in [2.05, 4.69) is 0 Å². The Bertz CT molecular complexity index is 1200. The lowest BCUT2D eigenvalue weighted by Gasteiger charge is -2.16. The second-order valence-electron chi connectivity index (χ2n) is 7.34. The van der Waals surface area contributed by atoms with Crippen LogP contribution < -0.4 is 4.90 Å². The van der Waals surface area contributed by atoms with Gasteiger partial charge in [0.1, 0.15) is 0 Å². The molecule has 30 heavy (non-hydrogen) atoms. The number of carbonyl (C=O) groups is 2. The molecule has 3 aromatic carbocycles. The molecule has 1 heterocycles. The van der Waals surface area contributed by atoms with Crippen LogP contribution >= 0.6 is 23.4 Å². The Kier molecular flexibility index (Phi) is 5.54. The lowest BCUT2D eigenvalue weighted by Crippen LogP contribution is -2.31. The third-order valence-electron chi connectivity index (χ3n) is 5.13. The van der Waals surface area contributed by atoms with Crippen molar-refractivity contribution in [1.29, 1.82) is 0 Å². The summed E-state index contributed by atoms with van der Waals surface area (Å²) in [4.78, 5) is 29.5. The topological polar surface area (TPSA) is 37.4 Å². The van der Waals surface area contributed by atoms with E-state index in [0.29, 0.717) is 21.2 Å². The van der Waals surface area contributed by atoms with Gasteiger partial charge in [-0.15, -0.1) is 0 Å². The first-order chi connectivity index (χ1) is 14.3. The third-order valence-corrected chi connectivity index (χ3v) is 6.47. The number of carbonyl (C=O) groups excluding carboxylic acids is 2. The van der Waals surface area contributed by atoms with Gasteiger partial charge in [0.15, 0.2) is 0 Å². The van der Waals surface area contributed by atoms with Crippen molar-refractivity contribution >= 4 is 46.4 Å². The lowest BCUT2D eigenvalue weighted by atomic mass is 10.0. The van der Waals surface area contributed by atoms with E-state index in [9.17, 15) is 9.59 Å². The minimum absolute atomic E-state index is 0.301. The van der Waals surface area contributed by atoms with Crippen LogP contribution in [0, 0.1) is 20.8 Å². The van der Waals surface area contributed by atoms with Crippen LogP contribution in [-0.2, 0) is 9.59 Å². The highest BCUT2D eigenvalue weighted by Crippen LogP contribution is 2.42. The van der Waals surface area contributed by atoms with Gasteiger partial charge < -0.3 is 0 Å². The largest absolute Gasteiger partial charge is 0.272 e. The summed E-state index contributed by atoms with van der Waals surface area (Å²) < 4.78 is 0. The molecule has 2 amide bonds. The van der Waals surface area contributed by atoms with Crippen LogP contribution in [0.25, 0.3) is 5.57 Å². The zero-order valence-electron chi connectivity index (χ0n) is 16.9. The van der Waals surface area contributed by atoms with Crippen LogP contribution in [0.3, 0.4) is 0 Å². The minimum atomic E-state index is -0.307. The molecule has 0 N–H and O–H groups in total. The van der Waals surface area contributed by atoms with Gasteiger partial charge in [-0.2, -0.15) is 0 Å². The Morgan fingerprint density at radius 1 is 0.800 bits per heavy atom. The predicted molar refractivity (Wildman–Crippen MR) is 124 cm³/mol. The van der Waals surface area contributed by atoms with Crippen molar-refractivity contribution in [2.45, 2.75) is 25.7 Å². The molecule has 0 saturated carbocycles. The van der Waals surface area contributed by atoms with Crippen molar-refractivity contribution in [3.05, 3.63) is 98.9 Å². The zero-order valence-corrected chi connectivity index (χ0v) is 18.5. The van der Waals surface area contributed by atoms with Gasteiger partial charge in [0, 0.05) is 9.92 Å². The Balaban J connectivity index is 1.84. The Morgan fingerprint density at radius 2 is 1.53 bits per heavy atom. The van der Waals surface area contributed by atoms with Gasteiger partial charge >= 0.3 is 0 Å². The summed E-state index contributed by atoms with van der Waals surface area (Å²) >= 11 is 7.30. The molecule has 0 aromatic heterocycles. The standard InChI is InChI=1S/C25H20ClNO2S/c1-15-5-4-6-20(13-15)27-24(28)22(18-8-7-16(2)17(3)14-18)23(25(27)29)30-21-11-9-19(26)10-12-21/h4-14H,1-3H3. The summed E-state index contributed by atoms with van der Waals surface area (Å²) in [5, 5.41) is 0.623. The third kappa shape index (κ3) is 3.81. The normalized spacial score (nSPS) is 14.1. The second kappa shape index (κ2) is 8.13. The van der Waals surface area contributed by atoms with E-state index in [1.807, 2.05) is 69.3 Å². The van der Waals surface area contributed by atoms with Gasteiger partial charge in [0.05, 0.1) is 16.2 Å². The first kappa shape index (κ1) is 20.5. The smallest absolute Gasteiger partial charge is 0.268 e. The van der Waals surface area contributed by atoms with Crippen molar-refractivity contribution in [3.8, 4) is 0 Å². The number of imide groups is 1. The Labute approximate surface area is 185 Å². The van der Waals surface area contributed by atoms with Gasteiger partial charge in [-0.1, -0.05) is 53.7 Å². The Morgan fingerprint density at radius 3 is 2.20 bits per heavy atom. The number of nitrogens with zero attached hydrogens (tertiary/aromatic N) is 1. The quantitative estimate of drug-likeness (QED) is 0.450. The average Bonchev–Trinajstić information content (AvgIpc) is 2.95. The summed E-state index contributed by atoms with van der Waals surface area (Å²) in [5.41, 5.74) is 4.97. The maximum Gasteiger partial charge on any atom is 0.272 e. The molecule has 3 aromatic rings. The predicted octanol–water partition coefficient (Wildman–Crippen LogP) is 6.34. The molecule has 0 atom stereocenters. The number of hydrogen-bond acceptors (Lipinski definition) is 3. The van der Waals surface area contributed by atoms with Gasteiger partial charge in [-0.25, -0.2) is 4.90 Å². The van der Waals surface area contributed by atoms with Crippen molar-refractivity contribution in [3.63, 3.8) is 0 Å². The molecule has 1 aliphatic heterocycles. The summed E-state index contributed by atoms with van der Waals surface area (Å²) in [6.07, 6.45) is 0. The van der Waals surface area contributed by atoms with Crippen LogP contribution in [-0.4, -0.2) is 11.8 Å². The molecule has 0 spiro atoms. The van der Waals surface area contributed by atoms with Gasteiger partial charge in [-0.3, -0.25) is 9.59 Å². The van der Waals surface area contributed by atoms with Crippen LogP contribution in [0.5, 0.6) is 0 Å². The number of thioether (sulfide) groups is 1. The van der Waals surface area contributed by atoms with Gasteiger partial charge in [0.2, 0.25) is 0 Å². The van der Waals surface area contributed by atoms with E-state index in [1.165, 1.54) is 16.7 Å². The van der Waals surface area contributed by atoms with Crippen molar-refractivity contribution in [2.75, 3.05) is 4.90 Å². The molecule has 0 radical (unpaired) electrons. The zero-order chi connectivity index (χ0) is 21.4. The number of aryl methyl sites for hydroxylation is 3. The molecule has 0 fully saturated rings.